The Balaban J connectivity index is 1.73. The monoisotopic (exact) mass is 266 g/mol. The van der Waals surface area contributed by atoms with Crippen molar-refractivity contribution in [1.82, 2.24) is 4.98 Å². The summed E-state index contributed by atoms with van der Waals surface area (Å²) in [4.78, 5) is 4.13. The van der Waals surface area contributed by atoms with Crippen LogP contribution in [0.25, 0.3) is 0 Å². The number of hydrogen-bond donors (Lipinski definition) is 1. The molecule has 2 heterocycles. The molecule has 0 aromatic carbocycles. The summed E-state index contributed by atoms with van der Waals surface area (Å²) >= 11 is 5.82. The molecule has 98 valence electrons. The first kappa shape index (κ1) is 12.2. The zero-order chi connectivity index (χ0) is 12.4. The predicted molar refractivity (Wildman–Crippen MR) is 73.0 cm³/mol. The van der Waals surface area contributed by atoms with Gasteiger partial charge in [0.2, 0.25) is 0 Å². The quantitative estimate of drug-likeness (QED) is 0.832. The standard InChI is InChI=1S/C14H19ClN2O/c15-13-4-3-11(10-16-13)17-12-2-1-5-14(12)6-8-18-9-7-14/h3-4,10,12,17H,1-2,5-9H2. The van der Waals surface area contributed by atoms with Gasteiger partial charge in [0.15, 0.2) is 0 Å². The van der Waals surface area contributed by atoms with E-state index in [1.165, 1.54) is 32.1 Å². The lowest BCUT2D eigenvalue weighted by atomic mass is 9.75. The molecule has 3 nitrogen and oxygen atoms in total. The van der Waals surface area contributed by atoms with Gasteiger partial charge in [-0.2, -0.15) is 0 Å². The lowest BCUT2D eigenvalue weighted by Gasteiger charge is -2.39. The first-order chi connectivity index (χ1) is 8.78. The molecule has 3 rings (SSSR count). The van der Waals surface area contributed by atoms with E-state index in [1.54, 1.807) is 0 Å². The van der Waals surface area contributed by atoms with Gasteiger partial charge in [-0.25, -0.2) is 4.98 Å². The number of aromatic nitrogens is 1. The summed E-state index contributed by atoms with van der Waals surface area (Å²) in [5.74, 6) is 0. The molecule has 1 aliphatic heterocycles. The molecular weight excluding hydrogens is 248 g/mol. The SMILES string of the molecule is Clc1ccc(NC2CCCC23CCOCC3)cn1. The smallest absolute Gasteiger partial charge is 0.129 e. The number of nitrogens with zero attached hydrogens (tertiary/aromatic N) is 1. The minimum atomic E-state index is 0.442. The average molecular weight is 267 g/mol. The summed E-state index contributed by atoms with van der Waals surface area (Å²) in [6.45, 7) is 1.83. The van der Waals surface area contributed by atoms with E-state index in [0.29, 0.717) is 16.6 Å². The van der Waals surface area contributed by atoms with Gasteiger partial charge in [0.05, 0.1) is 11.9 Å². The topological polar surface area (TPSA) is 34.1 Å². The Morgan fingerprint density at radius 1 is 1.28 bits per heavy atom. The lowest BCUT2D eigenvalue weighted by molar-refractivity contribution is 0.0134. The van der Waals surface area contributed by atoms with Gasteiger partial charge in [-0.05, 0) is 43.2 Å². The summed E-state index contributed by atoms with van der Waals surface area (Å²) in [5.41, 5.74) is 1.52. The molecule has 1 aromatic rings. The van der Waals surface area contributed by atoms with Crippen LogP contribution >= 0.6 is 11.6 Å². The third-order valence-corrected chi connectivity index (χ3v) is 4.69. The van der Waals surface area contributed by atoms with Crippen molar-refractivity contribution in [3.05, 3.63) is 23.5 Å². The van der Waals surface area contributed by atoms with Gasteiger partial charge < -0.3 is 10.1 Å². The van der Waals surface area contributed by atoms with Gasteiger partial charge in [0.1, 0.15) is 5.15 Å². The van der Waals surface area contributed by atoms with Gasteiger partial charge in [0.25, 0.3) is 0 Å². The summed E-state index contributed by atoms with van der Waals surface area (Å²) < 4.78 is 5.51. The van der Waals surface area contributed by atoms with E-state index in [4.69, 9.17) is 16.3 Å². The second kappa shape index (κ2) is 5.06. The average Bonchev–Trinajstić information content (AvgIpc) is 2.76. The second-order valence-electron chi connectivity index (χ2n) is 5.43. The summed E-state index contributed by atoms with van der Waals surface area (Å²) in [5, 5.41) is 4.20. The van der Waals surface area contributed by atoms with Crippen molar-refractivity contribution >= 4 is 17.3 Å². The summed E-state index contributed by atoms with van der Waals surface area (Å²) in [6, 6.07) is 4.42. The van der Waals surface area contributed by atoms with E-state index in [2.05, 4.69) is 10.3 Å². The highest BCUT2D eigenvalue weighted by Crippen LogP contribution is 2.47. The predicted octanol–water partition coefficient (Wildman–Crippen LogP) is 3.50. The Bertz CT molecular complexity index is 401. The number of halogens is 1. The fourth-order valence-corrected chi connectivity index (χ4v) is 3.51. The zero-order valence-corrected chi connectivity index (χ0v) is 11.2. The van der Waals surface area contributed by atoms with Gasteiger partial charge in [-0.15, -0.1) is 0 Å². The number of nitrogens with one attached hydrogen (secondary N) is 1. The maximum atomic E-state index is 5.82. The van der Waals surface area contributed by atoms with E-state index in [-0.39, 0.29) is 0 Å². The Morgan fingerprint density at radius 3 is 2.83 bits per heavy atom. The van der Waals surface area contributed by atoms with Crippen LogP contribution < -0.4 is 5.32 Å². The molecule has 18 heavy (non-hydrogen) atoms. The van der Waals surface area contributed by atoms with Crippen LogP contribution in [0.4, 0.5) is 5.69 Å². The van der Waals surface area contributed by atoms with Crippen LogP contribution in [0.1, 0.15) is 32.1 Å². The highest BCUT2D eigenvalue weighted by atomic mass is 35.5. The Hall–Kier alpha value is -0.800. The molecule has 2 aliphatic rings. The van der Waals surface area contributed by atoms with Gasteiger partial charge in [0, 0.05) is 19.3 Å². The van der Waals surface area contributed by atoms with Crippen LogP contribution in [0.3, 0.4) is 0 Å². The van der Waals surface area contributed by atoms with Crippen LogP contribution in [-0.4, -0.2) is 24.2 Å². The lowest BCUT2D eigenvalue weighted by Crippen LogP contribution is -2.40. The molecule has 1 aromatic heterocycles. The van der Waals surface area contributed by atoms with Crippen LogP contribution in [0, 0.1) is 5.41 Å². The molecule has 0 bridgehead atoms. The van der Waals surface area contributed by atoms with E-state index >= 15 is 0 Å². The van der Waals surface area contributed by atoms with Crippen LogP contribution in [0.15, 0.2) is 18.3 Å². The van der Waals surface area contributed by atoms with Gasteiger partial charge in [-0.1, -0.05) is 18.0 Å². The molecule has 0 amide bonds. The highest BCUT2D eigenvalue weighted by molar-refractivity contribution is 6.29. The van der Waals surface area contributed by atoms with Crippen LogP contribution in [-0.2, 0) is 4.74 Å². The van der Waals surface area contributed by atoms with Crippen molar-refractivity contribution in [2.75, 3.05) is 18.5 Å². The number of anilines is 1. The fraction of sp³-hybridized carbons (Fsp3) is 0.643. The van der Waals surface area contributed by atoms with Crippen molar-refractivity contribution in [3.8, 4) is 0 Å². The normalized spacial score (nSPS) is 26.4. The maximum absolute atomic E-state index is 5.82. The van der Waals surface area contributed by atoms with Gasteiger partial charge >= 0.3 is 0 Å². The Labute approximate surface area is 113 Å². The van der Waals surface area contributed by atoms with Crippen LogP contribution in [0.5, 0.6) is 0 Å². The molecule has 1 spiro atoms. The maximum Gasteiger partial charge on any atom is 0.129 e. The van der Waals surface area contributed by atoms with E-state index in [9.17, 15) is 0 Å². The molecular formula is C14H19ClN2O. The second-order valence-corrected chi connectivity index (χ2v) is 5.82. The fourth-order valence-electron chi connectivity index (χ4n) is 3.40. The Morgan fingerprint density at radius 2 is 2.11 bits per heavy atom. The van der Waals surface area contributed by atoms with Crippen molar-refractivity contribution < 1.29 is 4.74 Å². The molecule has 1 saturated carbocycles. The van der Waals surface area contributed by atoms with E-state index in [0.717, 1.165) is 18.9 Å². The first-order valence-corrected chi connectivity index (χ1v) is 7.12. The third-order valence-electron chi connectivity index (χ3n) is 4.46. The molecule has 1 unspecified atom stereocenters. The van der Waals surface area contributed by atoms with Crippen molar-refractivity contribution in [2.24, 2.45) is 5.41 Å². The molecule has 1 N–H and O–H groups in total. The minimum absolute atomic E-state index is 0.442. The molecule has 4 heteroatoms. The zero-order valence-electron chi connectivity index (χ0n) is 10.5. The summed E-state index contributed by atoms with van der Waals surface area (Å²) in [7, 11) is 0. The Kier molecular flexibility index (Phi) is 3.44. The first-order valence-electron chi connectivity index (χ1n) is 6.74. The molecule has 0 radical (unpaired) electrons. The minimum Gasteiger partial charge on any atom is -0.381 e. The highest BCUT2D eigenvalue weighted by Gasteiger charge is 2.43. The summed E-state index contributed by atoms with van der Waals surface area (Å²) in [6.07, 6.45) is 8.10. The van der Waals surface area contributed by atoms with Crippen molar-refractivity contribution in [3.63, 3.8) is 0 Å². The van der Waals surface area contributed by atoms with Crippen molar-refractivity contribution in [2.45, 2.75) is 38.1 Å². The largest absolute Gasteiger partial charge is 0.381 e. The van der Waals surface area contributed by atoms with E-state index in [1.807, 2.05) is 18.3 Å². The van der Waals surface area contributed by atoms with Crippen molar-refractivity contribution in [1.29, 1.82) is 0 Å². The number of pyridine rings is 1. The number of ether oxygens (including phenoxy) is 1. The molecule has 2 fully saturated rings. The number of hydrogen-bond acceptors (Lipinski definition) is 3. The molecule has 1 aliphatic carbocycles. The number of rotatable bonds is 2. The molecule has 1 atom stereocenters. The molecule has 1 saturated heterocycles. The van der Waals surface area contributed by atoms with E-state index < -0.39 is 0 Å². The third kappa shape index (κ3) is 2.34. The van der Waals surface area contributed by atoms with Crippen LogP contribution in [0.2, 0.25) is 5.15 Å². The van der Waals surface area contributed by atoms with Gasteiger partial charge in [-0.3, -0.25) is 0 Å².